The fourth-order valence-electron chi connectivity index (χ4n) is 2.72. The molecule has 112 valence electrons. The van der Waals surface area contributed by atoms with E-state index in [0.717, 1.165) is 30.0 Å². The fraction of sp³-hybridized carbons (Fsp3) is 0.211. The molecule has 0 spiro atoms. The monoisotopic (exact) mass is 298 g/mol. The number of benzene rings is 2. The molecular weight excluding hydrogens is 282 g/mol. The van der Waals surface area contributed by atoms with Gasteiger partial charge in [-0.15, -0.1) is 0 Å². The smallest absolute Gasteiger partial charge is 0.288 e. The Kier molecular flexibility index (Phi) is 3.65. The van der Waals surface area contributed by atoms with Crippen LogP contribution in [-0.2, 0) is 17.1 Å². The van der Waals surface area contributed by atoms with Gasteiger partial charge >= 0.3 is 5.92 Å². The molecule has 0 bridgehead atoms. The topological polar surface area (TPSA) is 17.1 Å². The van der Waals surface area contributed by atoms with Gasteiger partial charge < -0.3 is 0 Å². The normalized spacial score (nSPS) is 15.7. The summed E-state index contributed by atoms with van der Waals surface area (Å²) in [5.74, 6) is -4.58. The summed E-state index contributed by atoms with van der Waals surface area (Å²) in [6, 6.07) is 12.8. The quantitative estimate of drug-likeness (QED) is 0.780. The molecule has 0 unspecified atom stereocenters. The third-order valence-corrected chi connectivity index (χ3v) is 3.94. The number of carbonyl (C=O) groups excluding carboxylic acids is 1. The predicted molar refractivity (Wildman–Crippen MR) is 83.8 cm³/mol. The summed E-state index contributed by atoms with van der Waals surface area (Å²) in [7, 11) is 0. The number of aryl methyl sites for hydroxylation is 1. The van der Waals surface area contributed by atoms with Gasteiger partial charge in [0.2, 0.25) is 5.78 Å². The second-order valence-electron chi connectivity index (χ2n) is 5.52. The van der Waals surface area contributed by atoms with Crippen LogP contribution >= 0.6 is 0 Å². The van der Waals surface area contributed by atoms with E-state index in [2.05, 4.69) is 19.1 Å². The average molecular weight is 298 g/mol. The van der Waals surface area contributed by atoms with E-state index in [1.165, 1.54) is 17.7 Å². The van der Waals surface area contributed by atoms with Gasteiger partial charge in [0.15, 0.2) is 0 Å². The van der Waals surface area contributed by atoms with E-state index in [1.54, 1.807) is 12.1 Å². The first-order valence-corrected chi connectivity index (χ1v) is 7.36. The van der Waals surface area contributed by atoms with Crippen LogP contribution < -0.4 is 0 Å². The van der Waals surface area contributed by atoms with Gasteiger partial charge in [-0.05, 0) is 40.8 Å². The molecule has 0 aliphatic heterocycles. The van der Waals surface area contributed by atoms with Crippen LogP contribution in [0, 0.1) is 0 Å². The summed E-state index contributed by atoms with van der Waals surface area (Å²) in [5.41, 5.74) is 3.31. The minimum Gasteiger partial charge on any atom is -0.288 e. The first kappa shape index (κ1) is 14.6. The van der Waals surface area contributed by atoms with Crippen LogP contribution in [-0.4, -0.2) is 5.78 Å². The van der Waals surface area contributed by atoms with Crippen molar-refractivity contribution in [3.63, 3.8) is 0 Å². The lowest BCUT2D eigenvalue weighted by Crippen LogP contribution is -2.27. The molecule has 0 atom stereocenters. The van der Waals surface area contributed by atoms with E-state index >= 15 is 0 Å². The van der Waals surface area contributed by atoms with Crippen LogP contribution in [0.15, 0.2) is 48.5 Å². The molecule has 0 saturated heterocycles. The summed E-state index contributed by atoms with van der Waals surface area (Å²) in [6.45, 7) is 2.13. The van der Waals surface area contributed by atoms with E-state index < -0.39 is 11.7 Å². The number of fused-ring (bicyclic) bond motifs is 1. The summed E-state index contributed by atoms with van der Waals surface area (Å²) < 4.78 is 27.7. The van der Waals surface area contributed by atoms with E-state index in [0.29, 0.717) is 5.56 Å². The fourth-order valence-corrected chi connectivity index (χ4v) is 2.72. The van der Waals surface area contributed by atoms with Crippen molar-refractivity contribution >= 4 is 11.9 Å². The Bertz CT molecular complexity index is 743. The number of alkyl halides is 2. The molecule has 0 amide bonds. The molecule has 0 radical (unpaired) electrons. The van der Waals surface area contributed by atoms with Crippen LogP contribution in [0.4, 0.5) is 8.78 Å². The number of halogens is 2. The number of rotatable bonds is 3. The van der Waals surface area contributed by atoms with Crippen molar-refractivity contribution in [3.05, 3.63) is 65.2 Å². The maximum absolute atomic E-state index is 13.9. The molecule has 0 saturated carbocycles. The highest BCUT2D eigenvalue weighted by atomic mass is 19.3. The number of carbonyl (C=O) groups is 1. The SMILES string of the molecule is CCCc1ccc(-c2ccc3c(c2)C=CC(=O)C3(F)F)cc1. The van der Waals surface area contributed by atoms with Crippen LogP contribution in [0.1, 0.15) is 30.0 Å². The van der Waals surface area contributed by atoms with Crippen molar-refractivity contribution < 1.29 is 13.6 Å². The van der Waals surface area contributed by atoms with Gasteiger partial charge in [0, 0.05) is 5.56 Å². The molecular formula is C19H16F2O. The van der Waals surface area contributed by atoms with Gasteiger partial charge in [-0.2, -0.15) is 8.78 Å². The number of ketones is 1. The third kappa shape index (κ3) is 2.47. The van der Waals surface area contributed by atoms with Gasteiger partial charge in [0.05, 0.1) is 0 Å². The molecule has 22 heavy (non-hydrogen) atoms. The molecule has 0 N–H and O–H groups in total. The minimum absolute atomic E-state index is 0.216. The molecule has 0 aromatic heterocycles. The Morgan fingerprint density at radius 3 is 2.32 bits per heavy atom. The highest BCUT2D eigenvalue weighted by molar-refractivity contribution is 6.03. The maximum atomic E-state index is 13.9. The summed E-state index contributed by atoms with van der Waals surface area (Å²) in [6.07, 6.45) is 4.54. The molecule has 3 rings (SSSR count). The molecule has 1 aliphatic rings. The van der Waals surface area contributed by atoms with Gasteiger partial charge in [0.1, 0.15) is 0 Å². The second-order valence-corrected chi connectivity index (χ2v) is 5.52. The summed E-state index contributed by atoms with van der Waals surface area (Å²) in [5, 5.41) is 0. The van der Waals surface area contributed by atoms with Gasteiger partial charge in [-0.25, -0.2) is 0 Å². The maximum Gasteiger partial charge on any atom is 0.334 e. The van der Waals surface area contributed by atoms with Crippen molar-refractivity contribution in [1.29, 1.82) is 0 Å². The van der Waals surface area contributed by atoms with E-state index in [9.17, 15) is 13.6 Å². The van der Waals surface area contributed by atoms with Crippen molar-refractivity contribution in [2.24, 2.45) is 0 Å². The lowest BCUT2D eigenvalue weighted by molar-refractivity contribution is -0.139. The minimum atomic E-state index is -3.42. The average Bonchev–Trinajstić information content (AvgIpc) is 2.52. The van der Waals surface area contributed by atoms with E-state index in [-0.39, 0.29) is 5.56 Å². The highest BCUT2D eigenvalue weighted by Crippen LogP contribution is 2.38. The third-order valence-electron chi connectivity index (χ3n) is 3.94. The number of hydrogen-bond donors (Lipinski definition) is 0. The molecule has 2 aromatic carbocycles. The zero-order valence-corrected chi connectivity index (χ0v) is 12.3. The molecule has 1 nitrogen and oxygen atoms in total. The Morgan fingerprint density at radius 1 is 0.955 bits per heavy atom. The largest absolute Gasteiger partial charge is 0.334 e. The second kappa shape index (κ2) is 5.48. The van der Waals surface area contributed by atoms with Crippen molar-refractivity contribution in [3.8, 4) is 11.1 Å². The van der Waals surface area contributed by atoms with Crippen LogP contribution in [0.25, 0.3) is 17.2 Å². The van der Waals surface area contributed by atoms with Crippen molar-refractivity contribution in [1.82, 2.24) is 0 Å². The van der Waals surface area contributed by atoms with Crippen molar-refractivity contribution in [2.45, 2.75) is 25.7 Å². The first-order valence-electron chi connectivity index (χ1n) is 7.36. The Balaban J connectivity index is 1.98. The molecule has 3 heteroatoms. The van der Waals surface area contributed by atoms with E-state index in [1.807, 2.05) is 12.1 Å². The summed E-state index contributed by atoms with van der Waals surface area (Å²) in [4.78, 5) is 11.3. The first-order chi connectivity index (χ1) is 10.5. The molecule has 1 aliphatic carbocycles. The number of hydrogen-bond acceptors (Lipinski definition) is 1. The van der Waals surface area contributed by atoms with Crippen LogP contribution in [0.5, 0.6) is 0 Å². The Hall–Kier alpha value is -2.29. The number of allylic oxidation sites excluding steroid dienone is 1. The van der Waals surface area contributed by atoms with E-state index in [4.69, 9.17) is 0 Å². The van der Waals surface area contributed by atoms with Gasteiger partial charge in [-0.1, -0.05) is 55.8 Å². The lowest BCUT2D eigenvalue weighted by atomic mass is 9.90. The Morgan fingerprint density at radius 2 is 1.64 bits per heavy atom. The van der Waals surface area contributed by atoms with Gasteiger partial charge in [-0.3, -0.25) is 4.79 Å². The van der Waals surface area contributed by atoms with Gasteiger partial charge in [0.25, 0.3) is 0 Å². The zero-order valence-electron chi connectivity index (χ0n) is 12.3. The molecule has 0 heterocycles. The molecule has 2 aromatic rings. The highest BCUT2D eigenvalue weighted by Gasteiger charge is 2.42. The Labute approximate surface area is 128 Å². The van der Waals surface area contributed by atoms with Crippen LogP contribution in [0.3, 0.4) is 0 Å². The summed E-state index contributed by atoms with van der Waals surface area (Å²) >= 11 is 0. The zero-order chi connectivity index (χ0) is 15.7. The van der Waals surface area contributed by atoms with Crippen LogP contribution in [0.2, 0.25) is 0 Å². The lowest BCUT2D eigenvalue weighted by Gasteiger charge is -2.20. The van der Waals surface area contributed by atoms with Crippen molar-refractivity contribution in [2.75, 3.05) is 0 Å². The molecule has 0 fully saturated rings. The predicted octanol–water partition coefficient (Wildman–Crippen LogP) is 4.99. The standard InChI is InChI=1S/C19H16F2O/c1-2-3-13-4-6-14(7-5-13)15-8-10-17-16(12-15)9-11-18(22)19(17,20)21/h4-12H,2-3H2,1H3.